The summed E-state index contributed by atoms with van der Waals surface area (Å²) in [6.45, 7) is 2.71. The summed E-state index contributed by atoms with van der Waals surface area (Å²) in [4.78, 5) is 31.6. The van der Waals surface area contributed by atoms with Gasteiger partial charge in [-0.3, -0.25) is 9.59 Å². The number of aromatic nitrogens is 2. The minimum absolute atomic E-state index is 0.0712. The van der Waals surface area contributed by atoms with Crippen molar-refractivity contribution in [3.8, 4) is 0 Å². The zero-order valence-corrected chi connectivity index (χ0v) is 11.6. The molecule has 2 heterocycles. The van der Waals surface area contributed by atoms with E-state index in [9.17, 15) is 9.59 Å². The molecule has 1 aromatic rings. The highest BCUT2D eigenvalue weighted by Crippen LogP contribution is 2.11. The molecule has 0 unspecified atom stereocenters. The molecule has 1 aromatic heterocycles. The van der Waals surface area contributed by atoms with Gasteiger partial charge in [0.25, 0.3) is 5.56 Å². The zero-order valence-electron chi connectivity index (χ0n) is 11.6. The third-order valence-corrected chi connectivity index (χ3v) is 3.25. The molecule has 1 aliphatic heterocycles. The molecule has 0 aliphatic carbocycles. The Morgan fingerprint density at radius 3 is 3.25 bits per heavy atom. The second-order valence-corrected chi connectivity index (χ2v) is 4.92. The number of rotatable bonds is 4. The van der Waals surface area contributed by atoms with Gasteiger partial charge in [0, 0.05) is 30.8 Å². The molecule has 7 heteroatoms. The molecule has 0 radical (unpaired) electrons. The lowest BCUT2D eigenvalue weighted by Gasteiger charge is -2.23. The monoisotopic (exact) mass is 280 g/mol. The van der Waals surface area contributed by atoms with Crippen LogP contribution in [-0.4, -0.2) is 60.7 Å². The maximum absolute atomic E-state index is 11.9. The Morgan fingerprint density at radius 2 is 2.50 bits per heavy atom. The van der Waals surface area contributed by atoms with Crippen LogP contribution in [0.3, 0.4) is 0 Å². The van der Waals surface area contributed by atoms with Crippen molar-refractivity contribution >= 4 is 5.91 Å². The predicted octanol–water partition coefficient (Wildman–Crippen LogP) is -0.993. The summed E-state index contributed by atoms with van der Waals surface area (Å²) < 4.78 is 5.54. The number of amides is 1. The first-order valence-electron chi connectivity index (χ1n) is 6.72. The zero-order chi connectivity index (χ0) is 14.4. The second-order valence-electron chi connectivity index (χ2n) is 4.92. The summed E-state index contributed by atoms with van der Waals surface area (Å²) in [5, 5.41) is 2.87. The third kappa shape index (κ3) is 4.14. The Morgan fingerprint density at radius 1 is 1.65 bits per heavy atom. The number of hydrogen-bond acceptors (Lipinski definition) is 5. The fraction of sp³-hybridized carbons (Fsp3) is 0.615. The highest BCUT2D eigenvalue weighted by atomic mass is 16.5. The number of ether oxygens (including phenoxy) is 1. The summed E-state index contributed by atoms with van der Waals surface area (Å²) >= 11 is 0. The van der Waals surface area contributed by atoms with Crippen LogP contribution in [-0.2, 0) is 16.0 Å². The maximum atomic E-state index is 11.9. The van der Waals surface area contributed by atoms with Gasteiger partial charge >= 0.3 is 0 Å². The maximum Gasteiger partial charge on any atom is 0.250 e. The molecule has 0 aromatic carbocycles. The third-order valence-electron chi connectivity index (χ3n) is 3.25. The van der Waals surface area contributed by atoms with Crippen LogP contribution in [0.2, 0.25) is 0 Å². The van der Waals surface area contributed by atoms with Gasteiger partial charge in [-0.2, -0.15) is 0 Å². The Balaban J connectivity index is 1.99. The molecule has 1 saturated heterocycles. The largest absolute Gasteiger partial charge is 0.379 e. The van der Waals surface area contributed by atoms with Crippen LogP contribution < -0.4 is 10.9 Å². The van der Waals surface area contributed by atoms with Crippen molar-refractivity contribution in [3.63, 3.8) is 0 Å². The van der Waals surface area contributed by atoms with Gasteiger partial charge in [0.15, 0.2) is 0 Å². The van der Waals surface area contributed by atoms with E-state index >= 15 is 0 Å². The molecule has 110 valence electrons. The Labute approximate surface area is 117 Å². The molecule has 2 rings (SSSR count). The number of nitrogens with one attached hydrogen (secondary N) is 2. The number of hydrogen-bond donors (Lipinski definition) is 2. The Hall–Kier alpha value is -1.73. The SMILES string of the molecule is CNCC(=O)N1CCOC[C@@H](Cc2cc(=O)[nH]cn2)C1. The molecule has 2 N–H and O–H groups in total. The van der Waals surface area contributed by atoms with Gasteiger partial charge in [0.1, 0.15) is 0 Å². The summed E-state index contributed by atoms with van der Waals surface area (Å²) in [5.74, 6) is 0.231. The molecule has 1 atom stereocenters. The lowest BCUT2D eigenvalue weighted by molar-refractivity contribution is -0.130. The molecular weight excluding hydrogens is 260 g/mol. The number of H-pyrrole nitrogens is 1. The second kappa shape index (κ2) is 7.16. The first kappa shape index (κ1) is 14.7. The number of carbonyl (C=O) groups excluding carboxylic acids is 1. The van der Waals surface area contributed by atoms with Crippen LogP contribution in [0.1, 0.15) is 5.69 Å². The van der Waals surface area contributed by atoms with E-state index < -0.39 is 0 Å². The van der Waals surface area contributed by atoms with Crippen molar-refractivity contribution in [2.24, 2.45) is 5.92 Å². The van der Waals surface area contributed by atoms with E-state index in [4.69, 9.17) is 4.74 Å². The summed E-state index contributed by atoms with van der Waals surface area (Å²) in [6.07, 6.45) is 2.03. The Kier molecular flexibility index (Phi) is 5.25. The van der Waals surface area contributed by atoms with Gasteiger partial charge in [0.05, 0.1) is 26.1 Å². The number of likely N-dealkylation sites (N-methyl/N-ethyl adjacent to an activating group) is 1. The summed E-state index contributed by atoms with van der Waals surface area (Å²) in [5.41, 5.74) is 0.568. The van der Waals surface area contributed by atoms with Crippen LogP contribution in [0.25, 0.3) is 0 Å². The van der Waals surface area contributed by atoms with Crippen LogP contribution >= 0.6 is 0 Å². The van der Waals surface area contributed by atoms with Crippen LogP contribution in [0.4, 0.5) is 0 Å². The number of nitrogens with zero attached hydrogens (tertiary/aromatic N) is 2. The van der Waals surface area contributed by atoms with Gasteiger partial charge in [-0.05, 0) is 13.5 Å². The summed E-state index contributed by atoms with van der Waals surface area (Å²) in [7, 11) is 1.75. The Bertz CT molecular complexity index is 502. The fourth-order valence-electron chi connectivity index (χ4n) is 2.31. The van der Waals surface area contributed by atoms with Crippen LogP contribution in [0.15, 0.2) is 17.2 Å². The van der Waals surface area contributed by atoms with Crippen molar-refractivity contribution in [1.29, 1.82) is 0 Å². The molecule has 0 saturated carbocycles. The minimum Gasteiger partial charge on any atom is -0.379 e. The molecule has 7 nitrogen and oxygen atoms in total. The molecular formula is C13H20N4O3. The quantitative estimate of drug-likeness (QED) is 0.739. The van der Waals surface area contributed by atoms with E-state index in [0.717, 1.165) is 5.69 Å². The standard InChI is InChI=1S/C13H20N4O3/c1-14-6-13(19)17-2-3-20-8-10(7-17)4-11-5-12(18)16-9-15-11/h5,9-10,14H,2-4,6-8H2,1H3,(H,15,16,18)/t10-/m0/s1. The molecule has 0 bridgehead atoms. The van der Waals surface area contributed by atoms with Gasteiger partial charge < -0.3 is 19.9 Å². The summed E-state index contributed by atoms with van der Waals surface area (Å²) in [6, 6.07) is 1.49. The van der Waals surface area contributed by atoms with E-state index in [1.54, 1.807) is 11.9 Å². The lowest BCUT2D eigenvalue weighted by Crippen LogP contribution is -2.40. The van der Waals surface area contributed by atoms with Crippen molar-refractivity contribution in [1.82, 2.24) is 20.2 Å². The number of carbonyl (C=O) groups is 1. The van der Waals surface area contributed by atoms with E-state index in [0.29, 0.717) is 39.3 Å². The molecule has 1 aliphatic rings. The predicted molar refractivity (Wildman–Crippen MR) is 73.4 cm³/mol. The lowest BCUT2D eigenvalue weighted by atomic mass is 10.0. The first-order valence-corrected chi connectivity index (χ1v) is 6.72. The van der Waals surface area contributed by atoms with Crippen molar-refractivity contribution < 1.29 is 9.53 Å². The molecule has 1 fully saturated rings. The fourth-order valence-corrected chi connectivity index (χ4v) is 2.31. The van der Waals surface area contributed by atoms with Gasteiger partial charge in [-0.15, -0.1) is 0 Å². The van der Waals surface area contributed by atoms with Gasteiger partial charge in [0.2, 0.25) is 5.91 Å². The minimum atomic E-state index is -0.160. The average Bonchev–Trinajstić information content (AvgIpc) is 2.65. The molecule has 1 amide bonds. The van der Waals surface area contributed by atoms with Crippen molar-refractivity contribution in [2.45, 2.75) is 6.42 Å². The smallest absolute Gasteiger partial charge is 0.250 e. The highest BCUT2D eigenvalue weighted by Gasteiger charge is 2.22. The van der Waals surface area contributed by atoms with E-state index in [1.807, 2.05) is 0 Å². The van der Waals surface area contributed by atoms with Crippen LogP contribution in [0.5, 0.6) is 0 Å². The van der Waals surface area contributed by atoms with Gasteiger partial charge in [-0.1, -0.05) is 0 Å². The van der Waals surface area contributed by atoms with Gasteiger partial charge in [-0.25, -0.2) is 4.98 Å². The molecule has 0 spiro atoms. The van der Waals surface area contributed by atoms with Crippen molar-refractivity contribution in [2.75, 3.05) is 39.9 Å². The normalized spacial score (nSPS) is 19.6. The van der Waals surface area contributed by atoms with Crippen molar-refractivity contribution in [3.05, 3.63) is 28.4 Å². The molecule has 20 heavy (non-hydrogen) atoms. The highest BCUT2D eigenvalue weighted by molar-refractivity contribution is 5.78. The van der Waals surface area contributed by atoms with E-state index in [-0.39, 0.29) is 17.4 Å². The van der Waals surface area contributed by atoms with E-state index in [2.05, 4.69) is 15.3 Å². The first-order chi connectivity index (χ1) is 9.69. The number of aromatic amines is 1. The average molecular weight is 280 g/mol. The topological polar surface area (TPSA) is 87.3 Å². The van der Waals surface area contributed by atoms with Crippen LogP contribution in [0, 0.1) is 5.92 Å². The van der Waals surface area contributed by atoms with E-state index in [1.165, 1.54) is 12.4 Å².